The number of carbonyl (C=O) groups is 1. The molecule has 0 aliphatic carbocycles. The zero-order valence-electron chi connectivity index (χ0n) is 12.5. The van der Waals surface area contributed by atoms with Gasteiger partial charge in [-0.1, -0.05) is 52.6 Å². The number of nitrogens with one attached hydrogen (secondary N) is 1. The van der Waals surface area contributed by atoms with E-state index in [4.69, 9.17) is 27.7 Å². The van der Waals surface area contributed by atoms with Crippen molar-refractivity contribution in [3.05, 3.63) is 70.0 Å². The second-order valence-electron chi connectivity index (χ2n) is 5.11. The Morgan fingerprint density at radius 2 is 1.83 bits per heavy atom. The molecule has 0 aliphatic rings. The second kappa shape index (κ2) is 7.47. The minimum atomic E-state index is -0.153. The topological polar surface area (TPSA) is 68.0 Å². The molecule has 0 spiro atoms. The van der Waals surface area contributed by atoms with Crippen LogP contribution in [0.5, 0.6) is 0 Å². The maximum atomic E-state index is 12.0. The van der Waals surface area contributed by atoms with E-state index in [0.717, 1.165) is 11.1 Å². The van der Waals surface area contributed by atoms with Crippen molar-refractivity contribution >= 4 is 29.1 Å². The van der Waals surface area contributed by atoms with Gasteiger partial charge in [-0.2, -0.15) is 4.98 Å². The lowest BCUT2D eigenvalue weighted by Gasteiger charge is -2.03. The molecule has 1 aromatic heterocycles. The molecule has 0 saturated carbocycles. The SMILES string of the molecule is O=C(Cc1cccc(Cl)c1)NCc1nc(-c2cccc(Cl)c2)no1. The molecular formula is C17H13Cl2N3O2. The smallest absolute Gasteiger partial charge is 0.246 e. The fourth-order valence-corrected chi connectivity index (χ4v) is 2.54. The van der Waals surface area contributed by atoms with Crippen LogP contribution in [0.25, 0.3) is 11.4 Å². The molecule has 122 valence electrons. The molecule has 0 unspecified atom stereocenters. The van der Waals surface area contributed by atoms with Crippen LogP contribution >= 0.6 is 23.2 Å². The van der Waals surface area contributed by atoms with Crippen molar-refractivity contribution in [2.45, 2.75) is 13.0 Å². The summed E-state index contributed by atoms with van der Waals surface area (Å²) < 4.78 is 5.14. The molecule has 0 fully saturated rings. The molecule has 0 atom stereocenters. The number of hydrogen-bond acceptors (Lipinski definition) is 4. The molecule has 24 heavy (non-hydrogen) atoms. The zero-order valence-corrected chi connectivity index (χ0v) is 14.0. The van der Waals surface area contributed by atoms with Gasteiger partial charge in [0.1, 0.15) is 0 Å². The predicted octanol–water partition coefficient (Wildman–Crippen LogP) is 3.90. The number of hydrogen-bond donors (Lipinski definition) is 1. The number of nitrogens with zero attached hydrogens (tertiary/aromatic N) is 2. The molecule has 0 radical (unpaired) electrons. The number of benzene rings is 2. The minimum absolute atomic E-state index is 0.153. The van der Waals surface area contributed by atoms with Gasteiger partial charge in [0.15, 0.2) is 0 Å². The Morgan fingerprint density at radius 1 is 1.08 bits per heavy atom. The number of aromatic nitrogens is 2. The van der Waals surface area contributed by atoms with Crippen LogP contribution in [0.4, 0.5) is 0 Å². The quantitative estimate of drug-likeness (QED) is 0.748. The molecule has 2 aromatic carbocycles. The monoisotopic (exact) mass is 361 g/mol. The number of carbonyl (C=O) groups excluding carboxylic acids is 1. The fraction of sp³-hybridized carbons (Fsp3) is 0.118. The Morgan fingerprint density at radius 3 is 2.58 bits per heavy atom. The van der Waals surface area contributed by atoms with Crippen LogP contribution in [0.2, 0.25) is 10.0 Å². The normalized spacial score (nSPS) is 10.6. The molecule has 1 N–H and O–H groups in total. The van der Waals surface area contributed by atoms with Gasteiger partial charge in [0.05, 0.1) is 13.0 Å². The largest absolute Gasteiger partial charge is 0.347 e. The third kappa shape index (κ3) is 4.34. The molecule has 0 bridgehead atoms. The van der Waals surface area contributed by atoms with Crippen LogP contribution in [-0.4, -0.2) is 16.0 Å². The number of rotatable bonds is 5. The van der Waals surface area contributed by atoms with Gasteiger partial charge in [-0.05, 0) is 29.8 Å². The Bertz CT molecular complexity index is 864. The van der Waals surface area contributed by atoms with Gasteiger partial charge in [-0.25, -0.2) is 0 Å². The highest BCUT2D eigenvalue weighted by Crippen LogP contribution is 2.19. The molecule has 1 heterocycles. The van der Waals surface area contributed by atoms with E-state index in [9.17, 15) is 4.79 Å². The van der Waals surface area contributed by atoms with E-state index in [2.05, 4.69) is 15.5 Å². The van der Waals surface area contributed by atoms with Gasteiger partial charge in [-0.15, -0.1) is 0 Å². The highest BCUT2D eigenvalue weighted by molar-refractivity contribution is 6.31. The Kier molecular flexibility index (Phi) is 5.13. The first-order valence-corrected chi connectivity index (χ1v) is 7.95. The summed E-state index contributed by atoms with van der Waals surface area (Å²) >= 11 is 11.8. The molecule has 1 amide bonds. The van der Waals surface area contributed by atoms with Crippen LogP contribution in [0.3, 0.4) is 0 Å². The van der Waals surface area contributed by atoms with E-state index in [1.165, 1.54) is 0 Å². The maximum absolute atomic E-state index is 12.0. The van der Waals surface area contributed by atoms with Gasteiger partial charge in [0, 0.05) is 15.6 Å². The van der Waals surface area contributed by atoms with E-state index in [1.807, 2.05) is 12.1 Å². The third-order valence-electron chi connectivity index (χ3n) is 3.24. The first kappa shape index (κ1) is 16.5. The summed E-state index contributed by atoms with van der Waals surface area (Å²) in [6.07, 6.45) is 0.232. The summed E-state index contributed by atoms with van der Waals surface area (Å²) in [5.41, 5.74) is 1.59. The van der Waals surface area contributed by atoms with Crippen molar-refractivity contribution < 1.29 is 9.32 Å². The van der Waals surface area contributed by atoms with Crippen molar-refractivity contribution in [3.8, 4) is 11.4 Å². The van der Waals surface area contributed by atoms with Crippen molar-refractivity contribution in [2.75, 3.05) is 0 Å². The van der Waals surface area contributed by atoms with Gasteiger partial charge < -0.3 is 9.84 Å². The average Bonchev–Trinajstić information content (AvgIpc) is 3.02. The third-order valence-corrected chi connectivity index (χ3v) is 3.71. The van der Waals surface area contributed by atoms with E-state index >= 15 is 0 Å². The van der Waals surface area contributed by atoms with Crippen LogP contribution in [0.15, 0.2) is 53.1 Å². The van der Waals surface area contributed by atoms with Crippen molar-refractivity contribution in [1.29, 1.82) is 0 Å². The summed E-state index contributed by atoms with van der Waals surface area (Å²) in [4.78, 5) is 16.2. The summed E-state index contributed by atoms with van der Waals surface area (Å²) in [6, 6.07) is 14.3. The highest BCUT2D eigenvalue weighted by atomic mass is 35.5. The predicted molar refractivity (Wildman–Crippen MR) is 91.7 cm³/mol. The fourth-order valence-electron chi connectivity index (χ4n) is 2.14. The summed E-state index contributed by atoms with van der Waals surface area (Å²) in [6.45, 7) is 0.160. The Balaban J connectivity index is 1.58. The van der Waals surface area contributed by atoms with Crippen molar-refractivity contribution in [2.24, 2.45) is 0 Å². The average molecular weight is 362 g/mol. The molecule has 7 heteroatoms. The Labute approximate surface area is 148 Å². The van der Waals surface area contributed by atoms with Crippen LogP contribution < -0.4 is 5.32 Å². The molecule has 3 aromatic rings. The van der Waals surface area contributed by atoms with Gasteiger partial charge in [0.2, 0.25) is 17.6 Å². The van der Waals surface area contributed by atoms with Crippen molar-refractivity contribution in [3.63, 3.8) is 0 Å². The van der Waals surface area contributed by atoms with Crippen LogP contribution in [0, 0.1) is 0 Å². The molecule has 3 rings (SSSR count). The lowest BCUT2D eigenvalue weighted by molar-refractivity contribution is -0.120. The lowest BCUT2D eigenvalue weighted by Crippen LogP contribution is -2.24. The van der Waals surface area contributed by atoms with E-state index in [1.54, 1.807) is 36.4 Å². The first-order valence-electron chi connectivity index (χ1n) is 7.20. The summed E-state index contributed by atoms with van der Waals surface area (Å²) in [5.74, 6) is 0.598. The van der Waals surface area contributed by atoms with E-state index in [-0.39, 0.29) is 18.9 Å². The van der Waals surface area contributed by atoms with Gasteiger partial charge in [-0.3, -0.25) is 4.79 Å². The van der Waals surface area contributed by atoms with Crippen molar-refractivity contribution in [1.82, 2.24) is 15.5 Å². The zero-order chi connectivity index (χ0) is 16.9. The minimum Gasteiger partial charge on any atom is -0.347 e. The summed E-state index contributed by atoms with van der Waals surface area (Å²) in [7, 11) is 0. The summed E-state index contributed by atoms with van der Waals surface area (Å²) in [5, 5.41) is 7.82. The molecule has 0 aliphatic heterocycles. The molecular weight excluding hydrogens is 349 g/mol. The highest BCUT2D eigenvalue weighted by Gasteiger charge is 2.10. The standard InChI is InChI=1S/C17H13Cl2N3O2/c18-13-5-1-3-11(7-13)8-15(23)20-10-16-21-17(22-24-16)12-4-2-6-14(19)9-12/h1-7,9H,8,10H2,(H,20,23). The van der Waals surface area contributed by atoms with Gasteiger partial charge in [0.25, 0.3) is 0 Å². The Hall–Kier alpha value is -2.37. The maximum Gasteiger partial charge on any atom is 0.246 e. The van der Waals surface area contributed by atoms with E-state index in [0.29, 0.717) is 21.8 Å². The number of halogens is 2. The lowest BCUT2D eigenvalue weighted by atomic mass is 10.1. The van der Waals surface area contributed by atoms with Crippen LogP contribution in [0.1, 0.15) is 11.5 Å². The molecule has 0 saturated heterocycles. The van der Waals surface area contributed by atoms with Gasteiger partial charge >= 0.3 is 0 Å². The second-order valence-corrected chi connectivity index (χ2v) is 5.98. The first-order chi connectivity index (χ1) is 11.6. The molecule has 5 nitrogen and oxygen atoms in total. The van der Waals surface area contributed by atoms with E-state index < -0.39 is 0 Å². The number of amides is 1. The van der Waals surface area contributed by atoms with Crippen LogP contribution in [-0.2, 0) is 17.8 Å².